The van der Waals surface area contributed by atoms with Crippen LogP contribution >= 0.6 is 11.3 Å². The molecule has 26 heavy (non-hydrogen) atoms. The lowest BCUT2D eigenvalue weighted by Gasteiger charge is -2.08. The van der Waals surface area contributed by atoms with Crippen molar-refractivity contribution in [2.45, 2.75) is 25.9 Å². The van der Waals surface area contributed by atoms with Gasteiger partial charge in [0.25, 0.3) is 0 Å². The van der Waals surface area contributed by atoms with E-state index in [1.807, 2.05) is 0 Å². The number of anilines is 1. The quantitative estimate of drug-likeness (QED) is 0.697. The van der Waals surface area contributed by atoms with Gasteiger partial charge in [-0.25, -0.2) is 4.98 Å². The van der Waals surface area contributed by atoms with E-state index < -0.39 is 12.8 Å². The third-order valence-electron chi connectivity index (χ3n) is 3.14. The molecule has 1 amide bonds. The number of fused-ring (bicyclic) bond motifs is 1. The van der Waals surface area contributed by atoms with Crippen molar-refractivity contribution in [2.75, 3.05) is 11.9 Å². The van der Waals surface area contributed by atoms with Gasteiger partial charge in [-0.2, -0.15) is 18.2 Å². The van der Waals surface area contributed by atoms with Gasteiger partial charge in [-0.05, 0) is 25.1 Å². The van der Waals surface area contributed by atoms with E-state index in [0.717, 1.165) is 11.3 Å². The second-order valence-electron chi connectivity index (χ2n) is 5.34. The van der Waals surface area contributed by atoms with Gasteiger partial charge in [0.05, 0.1) is 10.2 Å². The number of nitrogens with zero attached hydrogens (tertiary/aromatic N) is 3. The highest BCUT2D eigenvalue weighted by Crippen LogP contribution is 2.30. The fourth-order valence-electron chi connectivity index (χ4n) is 2.06. The van der Waals surface area contributed by atoms with E-state index in [-0.39, 0.29) is 18.1 Å². The molecular weight excluding hydrogens is 373 g/mol. The Hall–Kier alpha value is -2.69. The molecule has 0 aliphatic heterocycles. The van der Waals surface area contributed by atoms with Gasteiger partial charge in [-0.15, -0.1) is 0 Å². The lowest BCUT2D eigenvalue weighted by Crippen LogP contribution is -2.19. The Morgan fingerprint density at radius 2 is 2.15 bits per heavy atom. The number of ether oxygens (including phenoxy) is 1. The number of hydrogen-bond donors (Lipinski definition) is 1. The van der Waals surface area contributed by atoms with E-state index in [1.165, 1.54) is 18.2 Å². The molecule has 11 heteroatoms. The largest absolute Gasteiger partial charge is 0.484 e. The van der Waals surface area contributed by atoms with Crippen molar-refractivity contribution >= 4 is 32.6 Å². The Balaban J connectivity index is 1.60. The van der Waals surface area contributed by atoms with Gasteiger partial charge < -0.3 is 14.6 Å². The average molecular weight is 386 g/mol. The van der Waals surface area contributed by atoms with E-state index >= 15 is 0 Å². The first-order valence-corrected chi connectivity index (χ1v) is 8.29. The number of nitrogens with one attached hydrogen (secondary N) is 1. The molecule has 0 bridgehead atoms. The number of carbonyl (C=O) groups excluding carboxylic acids is 1. The van der Waals surface area contributed by atoms with Crippen LogP contribution in [-0.4, -0.2) is 33.8 Å². The highest BCUT2D eigenvalue weighted by molar-refractivity contribution is 7.22. The lowest BCUT2D eigenvalue weighted by atomic mass is 10.3. The minimum atomic E-state index is -4.40. The van der Waals surface area contributed by atoms with Crippen molar-refractivity contribution in [3.63, 3.8) is 0 Å². The SMILES string of the molecule is Cc1noc(CCC(=O)Nc2nc3ccc(OCC(F)(F)F)cc3s2)n1. The second-order valence-corrected chi connectivity index (χ2v) is 6.37. The summed E-state index contributed by atoms with van der Waals surface area (Å²) in [6, 6.07) is 4.39. The van der Waals surface area contributed by atoms with E-state index in [4.69, 9.17) is 9.26 Å². The smallest absolute Gasteiger partial charge is 0.422 e. The molecule has 0 aliphatic carbocycles. The average Bonchev–Trinajstić information content (AvgIpc) is 3.15. The van der Waals surface area contributed by atoms with Crippen LogP contribution in [0.1, 0.15) is 18.1 Å². The van der Waals surface area contributed by atoms with Crippen LogP contribution in [0.4, 0.5) is 18.3 Å². The number of aromatic nitrogens is 3. The van der Waals surface area contributed by atoms with Crippen molar-refractivity contribution in [3.8, 4) is 5.75 Å². The summed E-state index contributed by atoms with van der Waals surface area (Å²) in [6.45, 7) is 0.316. The second kappa shape index (κ2) is 7.28. The number of benzene rings is 1. The number of halogens is 3. The Morgan fingerprint density at radius 1 is 1.35 bits per heavy atom. The fraction of sp³-hybridized carbons (Fsp3) is 0.333. The number of carbonyl (C=O) groups is 1. The molecule has 0 radical (unpaired) electrons. The molecule has 2 aromatic heterocycles. The number of aryl methyl sites for hydroxylation is 2. The van der Waals surface area contributed by atoms with Crippen molar-refractivity contribution in [1.29, 1.82) is 0 Å². The zero-order valence-corrected chi connectivity index (χ0v) is 14.3. The highest BCUT2D eigenvalue weighted by Gasteiger charge is 2.28. The summed E-state index contributed by atoms with van der Waals surface area (Å²) in [5.41, 5.74) is 0.553. The molecule has 2 heterocycles. The third-order valence-corrected chi connectivity index (χ3v) is 4.08. The Morgan fingerprint density at radius 3 is 2.85 bits per heavy atom. The minimum Gasteiger partial charge on any atom is -0.484 e. The molecule has 0 atom stereocenters. The van der Waals surface area contributed by atoms with Crippen LogP contribution in [0.5, 0.6) is 5.75 Å². The zero-order valence-electron chi connectivity index (χ0n) is 13.5. The van der Waals surface area contributed by atoms with Crippen LogP contribution in [-0.2, 0) is 11.2 Å². The summed E-state index contributed by atoms with van der Waals surface area (Å²) in [5.74, 6) is 0.667. The van der Waals surface area contributed by atoms with Crippen LogP contribution in [0.25, 0.3) is 10.2 Å². The molecule has 138 valence electrons. The first kappa shape index (κ1) is 18.1. The van der Waals surface area contributed by atoms with Gasteiger partial charge >= 0.3 is 6.18 Å². The Kier molecular flexibility index (Phi) is 5.07. The maximum absolute atomic E-state index is 12.2. The molecule has 0 saturated carbocycles. The van der Waals surface area contributed by atoms with Crippen LogP contribution in [0.2, 0.25) is 0 Å². The molecule has 3 aromatic rings. The number of alkyl halides is 3. The van der Waals surface area contributed by atoms with Crippen molar-refractivity contribution < 1.29 is 27.2 Å². The van der Waals surface area contributed by atoms with Gasteiger partial charge in [0, 0.05) is 12.8 Å². The van der Waals surface area contributed by atoms with Crippen molar-refractivity contribution in [2.24, 2.45) is 0 Å². The van der Waals surface area contributed by atoms with Gasteiger partial charge in [0.2, 0.25) is 11.8 Å². The molecule has 7 nitrogen and oxygen atoms in total. The molecular formula is C15H13F3N4O3S. The molecule has 0 saturated heterocycles. The topological polar surface area (TPSA) is 90.1 Å². The maximum atomic E-state index is 12.2. The normalized spacial score (nSPS) is 11.7. The summed E-state index contributed by atoms with van der Waals surface area (Å²) in [7, 11) is 0. The van der Waals surface area contributed by atoms with E-state index in [9.17, 15) is 18.0 Å². The number of amides is 1. The Bertz CT molecular complexity index is 922. The summed E-state index contributed by atoms with van der Waals surface area (Å²) >= 11 is 1.14. The maximum Gasteiger partial charge on any atom is 0.422 e. The predicted octanol–water partition coefficient (Wildman–Crippen LogP) is 3.50. The van der Waals surface area contributed by atoms with Crippen LogP contribution in [0.15, 0.2) is 22.7 Å². The molecule has 0 aliphatic rings. The molecule has 0 fully saturated rings. The van der Waals surface area contributed by atoms with E-state index in [0.29, 0.717) is 33.5 Å². The highest BCUT2D eigenvalue weighted by atomic mass is 32.1. The van der Waals surface area contributed by atoms with Gasteiger partial charge in [0.1, 0.15) is 5.75 Å². The monoisotopic (exact) mass is 386 g/mol. The van der Waals surface area contributed by atoms with Gasteiger partial charge in [0.15, 0.2) is 17.6 Å². The first-order valence-electron chi connectivity index (χ1n) is 7.48. The summed E-state index contributed by atoms with van der Waals surface area (Å²) in [5, 5.41) is 6.62. The standard InChI is InChI=1S/C15H13F3N4O3S/c1-8-19-13(25-22-8)5-4-12(23)21-14-20-10-3-2-9(6-11(10)26-14)24-7-15(16,17)18/h2-3,6H,4-5,7H2,1H3,(H,20,21,23). The molecule has 0 unspecified atom stereocenters. The first-order chi connectivity index (χ1) is 12.3. The van der Waals surface area contributed by atoms with Crippen molar-refractivity contribution in [3.05, 3.63) is 29.9 Å². The molecule has 1 aromatic carbocycles. The van der Waals surface area contributed by atoms with Crippen LogP contribution in [0, 0.1) is 6.92 Å². The third kappa shape index (κ3) is 4.91. The van der Waals surface area contributed by atoms with Crippen LogP contribution < -0.4 is 10.1 Å². The van der Waals surface area contributed by atoms with E-state index in [2.05, 4.69) is 20.4 Å². The van der Waals surface area contributed by atoms with E-state index in [1.54, 1.807) is 6.92 Å². The molecule has 0 spiro atoms. The summed E-state index contributed by atoms with van der Waals surface area (Å²) in [6.07, 6.45) is -3.97. The Labute approximate surface area is 149 Å². The van der Waals surface area contributed by atoms with Crippen molar-refractivity contribution in [1.82, 2.24) is 15.1 Å². The number of rotatable bonds is 6. The predicted molar refractivity (Wildman–Crippen MR) is 87.2 cm³/mol. The molecule has 1 N–H and O–H groups in total. The zero-order chi connectivity index (χ0) is 18.7. The molecule has 3 rings (SSSR count). The lowest BCUT2D eigenvalue weighted by molar-refractivity contribution is -0.153. The summed E-state index contributed by atoms with van der Waals surface area (Å²) in [4.78, 5) is 20.2. The fourth-order valence-corrected chi connectivity index (χ4v) is 2.97. The summed E-state index contributed by atoms with van der Waals surface area (Å²) < 4.78 is 46.8. The van der Waals surface area contributed by atoms with Gasteiger partial charge in [-0.1, -0.05) is 16.5 Å². The number of thiazole rings is 1. The number of hydrogen-bond acceptors (Lipinski definition) is 7. The van der Waals surface area contributed by atoms with Gasteiger partial charge in [-0.3, -0.25) is 4.79 Å². The minimum absolute atomic E-state index is 0.0862. The van der Waals surface area contributed by atoms with Crippen LogP contribution in [0.3, 0.4) is 0 Å².